The molecule has 1 fully saturated rings. The lowest BCUT2D eigenvalue weighted by atomic mass is 10.2. The summed E-state index contributed by atoms with van der Waals surface area (Å²) in [5.74, 6) is 0.975. The van der Waals surface area contributed by atoms with Crippen LogP contribution in [0.4, 0.5) is 0 Å². The Balaban J connectivity index is 1.61. The molecule has 2 heterocycles. The van der Waals surface area contributed by atoms with E-state index in [-0.39, 0.29) is 6.04 Å². The van der Waals surface area contributed by atoms with Crippen molar-refractivity contribution in [2.45, 2.75) is 38.4 Å². The smallest absolute Gasteiger partial charge is 0.120 e. The van der Waals surface area contributed by atoms with Crippen LogP contribution in [0, 0.1) is 0 Å². The first-order valence-corrected chi connectivity index (χ1v) is 6.12. The summed E-state index contributed by atoms with van der Waals surface area (Å²) in [5, 5.41) is 3.46. The van der Waals surface area contributed by atoms with Crippen LogP contribution in [0.2, 0.25) is 0 Å². The van der Waals surface area contributed by atoms with Gasteiger partial charge in [-0.05, 0) is 31.9 Å². The summed E-state index contributed by atoms with van der Waals surface area (Å²) in [5.41, 5.74) is 1.26. The summed E-state index contributed by atoms with van der Waals surface area (Å²) in [4.78, 5) is 4.22. The van der Waals surface area contributed by atoms with E-state index in [1.54, 1.807) is 6.26 Å². The third-order valence-electron chi connectivity index (χ3n) is 3.25. The number of furan rings is 1. The second kappa shape index (κ2) is 4.37. The fourth-order valence-electron chi connectivity index (χ4n) is 2.05. The van der Waals surface area contributed by atoms with E-state index in [0.29, 0.717) is 6.04 Å². The topological polar surface area (TPSA) is 43.0 Å². The first kappa shape index (κ1) is 10.6. The summed E-state index contributed by atoms with van der Waals surface area (Å²) >= 11 is 0. The molecule has 4 heteroatoms. The standard InChI is InChI=1S/C13H17N3O/c1-10(13-3-2-6-17-13)15-8-12-7-14-9-16(12)11-4-5-11/h2-3,6-7,9-11,15H,4-5,8H2,1H3/t10-/m1/s1. The van der Waals surface area contributed by atoms with E-state index in [9.17, 15) is 0 Å². The summed E-state index contributed by atoms with van der Waals surface area (Å²) in [6, 6.07) is 4.83. The van der Waals surface area contributed by atoms with E-state index < -0.39 is 0 Å². The predicted octanol–water partition coefficient (Wildman–Crippen LogP) is 2.66. The van der Waals surface area contributed by atoms with E-state index in [0.717, 1.165) is 12.3 Å². The third kappa shape index (κ3) is 2.26. The van der Waals surface area contributed by atoms with Gasteiger partial charge in [0.15, 0.2) is 0 Å². The molecule has 4 nitrogen and oxygen atoms in total. The maximum Gasteiger partial charge on any atom is 0.120 e. The van der Waals surface area contributed by atoms with E-state index in [4.69, 9.17) is 4.42 Å². The van der Waals surface area contributed by atoms with Crippen LogP contribution in [-0.2, 0) is 6.54 Å². The molecule has 17 heavy (non-hydrogen) atoms. The Bertz CT molecular complexity index is 471. The highest BCUT2D eigenvalue weighted by molar-refractivity contribution is 5.06. The quantitative estimate of drug-likeness (QED) is 0.860. The van der Waals surface area contributed by atoms with Gasteiger partial charge in [-0.3, -0.25) is 0 Å². The first-order chi connectivity index (χ1) is 8.34. The van der Waals surface area contributed by atoms with Gasteiger partial charge in [-0.25, -0.2) is 4.98 Å². The minimum atomic E-state index is 0.229. The van der Waals surface area contributed by atoms with Gasteiger partial charge >= 0.3 is 0 Å². The molecule has 1 aliphatic rings. The summed E-state index contributed by atoms with van der Waals surface area (Å²) in [6.45, 7) is 2.94. The van der Waals surface area contributed by atoms with Crippen molar-refractivity contribution in [2.75, 3.05) is 0 Å². The Morgan fingerprint density at radius 1 is 1.59 bits per heavy atom. The molecule has 90 valence electrons. The molecule has 2 aromatic heterocycles. The molecule has 0 aromatic carbocycles. The average molecular weight is 231 g/mol. The molecule has 0 unspecified atom stereocenters. The lowest BCUT2D eigenvalue weighted by Gasteiger charge is -2.12. The molecule has 1 saturated carbocycles. The highest BCUT2D eigenvalue weighted by Crippen LogP contribution is 2.35. The molecule has 2 aromatic rings. The van der Waals surface area contributed by atoms with Crippen molar-refractivity contribution in [1.29, 1.82) is 0 Å². The Morgan fingerprint density at radius 2 is 2.47 bits per heavy atom. The lowest BCUT2D eigenvalue weighted by molar-refractivity contribution is 0.426. The Labute approximate surface area is 101 Å². The largest absolute Gasteiger partial charge is 0.468 e. The number of hydrogen-bond acceptors (Lipinski definition) is 3. The van der Waals surface area contributed by atoms with Gasteiger partial charge in [0.2, 0.25) is 0 Å². The third-order valence-corrected chi connectivity index (χ3v) is 3.25. The van der Waals surface area contributed by atoms with Crippen LogP contribution < -0.4 is 5.32 Å². The maximum atomic E-state index is 5.37. The Morgan fingerprint density at radius 3 is 3.18 bits per heavy atom. The van der Waals surface area contributed by atoms with Crippen molar-refractivity contribution < 1.29 is 4.42 Å². The number of nitrogens with one attached hydrogen (secondary N) is 1. The van der Waals surface area contributed by atoms with Crippen LogP contribution in [0.3, 0.4) is 0 Å². The fourth-order valence-corrected chi connectivity index (χ4v) is 2.05. The highest BCUT2D eigenvalue weighted by Gasteiger charge is 2.25. The Hall–Kier alpha value is -1.55. The zero-order valence-electron chi connectivity index (χ0n) is 9.97. The SMILES string of the molecule is C[C@@H](NCc1cncn1C1CC1)c1ccco1. The Kier molecular flexibility index (Phi) is 2.73. The van der Waals surface area contributed by atoms with Crippen LogP contribution in [0.1, 0.15) is 43.3 Å². The van der Waals surface area contributed by atoms with Crippen molar-refractivity contribution in [3.8, 4) is 0 Å². The number of hydrogen-bond donors (Lipinski definition) is 1. The fraction of sp³-hybridized carbons (Fsp3) is 0.462. The van der Waals surface area contributed by atoms with Crippen molar-refractivity contribution in [1.82, 2.24) is 14.9 Å². The minimum Gasteiger partial charge on any atom is -0.468 e. The first-order valence-electron chi connectivity index (χ1n) is 6.12. The molecular weight excluding hydrogens is 214 g/mol. The number of aromatic nitrogens is 2. The number of nitrogens with zero attached hydrogens (tertiary/aromatic N) is 2. The van der Waals surface area contributed by atoms with Crippen LogP contribution in [-0.4, -0.2) is 9.55 Å². The van der Waals surface area contributed by atoms with E-state index >= 15 is 0 Å². The molecule has 0 bridgehead atoms. The minimum absolute atomic E-state index is 0.229. The predicted molar refractivity (Wildman–Crippen MR) is 64.5 cm³/mol. The van der Waals surface area contributed by atoms with Crippen molar-refractivity contribution in [2.24, 2.45) is 0 Å². The van der Waals surface area contributed by atoms with Crippen molar-refractivity contribution in [3.05, 3.63) is 42.4 Å². The molecule has 1 atom stereocenters. The monoisotopic (exact) mass is 231 g/mol. The number of imidazole rings is 1. The van der Waals surface area contributed by atoms with Gasteiger partial charge in [0.05, 0.1) is 24.3 Å². The van der Waals surface area contributed by atoms with Crippen LogP contribution in [0.25, 0.3) is 0 Å². The van der Waals surface area contributed by atoms with E-state index in [1.807, 2.05) is 24.7 Å². The number of rotatable bonds is 5. The van der Waals surface area contributed by atoms with Gasteiger partial charge in [-0.1, -0.05) is 0 Å². The van der Waals surface area contributed by atoms with Crippen molar-refractivity contribution in [3.63, 3.8) is 0 Å². The second-order valence-electron chi connectivity index (χ2n) is 4.64. The second-order valence-corrected chi connectivity index (χ2v) is 4.64. The molecule has 0 amide bonds. The van der Waals surface area contributed by atoms with Gasteiger partial charge in [-0.2, -0.15) is 0 Å². The maximum absolute atomic E-state index is 5.37. The zero-order chi connectivity index (χ0) is 11.7. The highest BCUT2D eigenvalue weighted by atomic mass is 16.3. The summed E-state index contributed by atoms with van der Waals surface area (Å²) < 4.78 is 7.65. The van der Waals surface area contributed by atoms with Crippen LogP contribution in [0.5, 0.6) is 0 Å². The van der Waals surface area contributed by atoms with Gasteiger partial charge in [-0.15, -0.1) is 0 Å². The van der Waals surface area contributed by atoms with Crippen LogP contribution in [0.15, 0.2) is 35.3 Å². The zero-order valence-corrected chi connectivity index (χ0v) is 9.97. The van der Waals surface area contributed by atoms with Gasteiger partial charge in [0.25, 0.3) is 0 Å². The van der Waals surface area contributed by atoms with Gasteiger partial charge in [0, 0.05) is 18.8 Å². The lowest BCUT2D eigenvalue weighted by Crippen LogP contribution is -2.19. The van der Waals surface area contributed by atoms with Crippen LogP contribution >= 0.6 is 0 Å². The molecule has 0 radical (unpaired) electrons. The average Bonchev–Trinajstić information content (AvgIpc) is 2.87. The normalized spacial score (nSPS) is 17.2. The summed E-state index contributed by atoms with van der Waals surface area (Å²) in [6.07, 6.45) is 8.17. The molecule has 0 saturated heterocycles. The molecule has 1 N–H and O–H groups in total. The van der Waals surface area contributed by atoms with Crippen molar-refractivity contribution >= 4 is 0 Å². The molecule has 0 spiro atoms. The molecule has 1 aliphatic carbocycles. The van der Waals surface area contributed by atoms with E-state index in [2.05, 4.69) is 21.8 Å². The summed E-state index contributed by atoms with van der Waals surface area (Å²) in [7, 11) is 0. The molecule has 0 aliphatic heterocycles. The van der Waals surface area contributed by atoms with Gasteiger partial charge < -0.3 is 14.3 Å². The van der Waals surface area contributed by atoms with E-state index in [1.165, 1.54) is 18.5 Å². The molecule has 3 rings (SSSR count). The van der Waals surface area contributed by atoms with Gasteiger partial charge in [0.1, 0.15) is 5.76 Å². The molecular formula is C13H17N3O.